The fourth-order valence-electron chi connectivity index (χ4n) is 0.651. The molecule has 1 unspecified atom stereocenters. The summed E-state index contributed by atoms with van der Waals surface area (Å²) in [4.78, 5) is 10.2. The monoisotopic (exact) mass is 245 g/mol. The van der Waals surface area contributed by atoms with E-state index >= 15 is 0 Å². The van der Waals surface area contributed by atoms with E-state index in [1.165, 1.54) is 0 Å². The van der Waals surface area contributed by atoms with E-state index in [9.17, 15) is 4.79 Å². The minimum Gasteiger partial charge on any atom is -0.480 e. The highest BCUT2D eigenvalue weighted by molar-refractivity contribution is 7.79. The van der Waals surface area contributed by atoms with E-state index in [2.05, 4.69) is 0 Å². The molecule has 1 atom stereocenters. The standard InChI is InChI=1S/C6H13NO3.H2O4S/c1-2-3-4-5(7-10)6(8)9;1-5(2,3)4/h5,7,10H,2-4H2,1H3,(H,8,9);(H2,1,2,3,4). The van der Waals surface area contributed by atoms with Gasteiger partial charge in [-0.05, 0) is 6.42 Å². The number of carboxylic acid groups (broad SMARTS) is 1. The van der Waals surface area contributed by atoms with Gasteiger partial charge in [0.2, 0.25) is 0 Å². The maximum absolute atomic E-state index is 10.2. The van der Waals surface area contributed by atoms with Crippen molar-refractivity contribution in [2.45, 2.75) is 32.2 Å². The van der Waals surface area contributed by atoms with Gasteiger partial charge in [0.1, 0.15) is 6.04 Å². The van der Waals surface area contributed by atoms with Crippen molar-refractivity contribution in [3.05, 3.63) is 0 Å². The Morgan fingerprint density at radius 2 is 1.80 bits per heavy atom. The van der Waals surface area contributed by atoms with Crippen molar-refractivity contribution in [2.24, 2.45) is 0 Å². The number of hydrogen-bond donors (Lipinski definition) is 5. The van der Waals surface area contributed by atoms with Crippen molar-refractivity contribution in [1.29, 1.82) is 0 Å². The number of carboxylic acids is 1. The van der Waals surface area contributed by atoms with Crippen molar-refractivity contribution in [1.82, 2.24) is 5.48 Å². The van der Waals surface area contributed by atoms with Gasteiger partial charge in [-0.15, -0.1) is 0 Å². The molecule has 0 aliphatic rings. The molecular formula is C6H15NO7S. The zero-order chi connectivity index (χ0) is 12.5. The van der Waals surface area contributed by atoms with Crippen molar-refractivity contribution in [3.8, 4) is 0 Å². The van der Waals surface area contributed by atoms with E-state index in [0.717, 1.165) is 12.8 Å². The van der Waals surface area contributed by atoms with Crippen LogP contribution in [0.1, 0.15) is 26.2 Å². The second kappa shape index (κ2) is 8.56. The fourth-order valence-corrected chi connectivity index (χ4v) is 0.651. The molecular weight excluding hydrogens is 230 g/mol. The van der Waals surface area contributed by atoms with Crippen molar-refractivity contribution in [2.75, 3.05) is 0 Å². The maximum atomic E-state index is 10.2. The zero-order valence-corrected chi connectivity index (χ0v) is 8.94. The van der Waals surface area contributed by atoms with Crippen LogP contribution in [-0.4, -0.2) is 39.8 Å². The SMILES string of the molecule is CCCCC(NO)C(=O)O.O=S(=O)(O)O. The molecule has 0 saturated heterocycles. The van der Waals surface area contributed by atoms with Crippen LogP contribution in [0.25, 0.3) is 0 Å². The molecule has 0 rings (SSSR count). The molecule has 0 bridgehead atoms. The van der Waals surface area contributed by atoms with Gasteiger partial charge in [-0.2, -0.15) is 13.9 Å². The number of unbranched alkanes of at least 4 members (excludes halogenated alkanes) is 1. The molecule has 15 heavy (non-hydrogen) atoms. The first-order valence-corrected chi connectivity index (χ1v) is 5.44. The van der Waals surface area contributed by atoms with Gasteiger partial charge in [0, 0.05) is 0 Å². The largest absolute Gasteiger partial charge is 0.480 e. The smallest absolute Gasteiger partial charge is 0.394 e. The summed E-state index contributed by atoms with van der Waals surface area (Å²) in [7, 11) is -4.67. The molecule has 0 aliphatic carbocycles. The van der Waals surface area contributed by atoms with Crippen LogP contribution in [0, 0.1) is 0 Å². The lowest BCUT2D eigenvalue weighted by atomic mass is 10.1. The molecule has 0 amide bonds. The third-order valence-corrected chi connectivity index (χ3v) is 1.30. The molecule has 0 aromatic heterocycles. The summed E-state index contributed by atoms with van der Waals surface area (Å²) >= 11 is 0. The summed E-state index contributed by atoms with van der Waals surface area (Å²) in [5, 5.41) is 16.7. The van der Waals surface area contributed by atoms with Gasteiger partial charge in [0.25, 0.3) is 0 Å². The van der Waals surface area contributed by atoms with Crippen LogP contribution >= 0.6 is 0 Å². The second-order valence-electron chi connectivity index (χ2n) is 2.61. The summed E-state index contributed by atoms with van der Waals surface area (Å²) in [6.07, 6.45) is 2.22. The average Bonchev–Trinajstić information content (AvgIpc) is 2.02. The van der Waals surface area contributed by atoms with Gasteiger partial charge in [-0.1, -0.05) is 19.8 Å². The van der Waals surface area contributed by atoms with E-state index in [4.69, 9.17) is 27.8 Å². The van der Waals surface area contributed by atoms with Crippen LogP contribution < -0.4 is 5.48 Å². The Hall–Kier alpha value is -0.740. The molecule has 0 heterocycles. The van der Waals surface area contributed by atoms with E-state index < -0.39 is 22.4 Å². The molecule has 0 aliphatic heterocycles. The zero-order valence-electron chi connectivity index (χ0n) is 8.12. The highest BCUT2D eigenvalue weighted by atomic mass is 32.3. The minimum absolute atomic E-state index is 0.475. The van der Waals surface area contributed by atoms with Gasteiger partial charge >= 0.3 is 16.4 Å². The molecule has 0 saturated carbocycles. The number of carbonyl (C=O) groups is 1. The van der Waals surface area contributed by atoms with Gasteiger partial charge in [-0.3, -0.25) is 13.9 Å². The normalized spacial score (nSPS) is 12.5. The van der Waals surface area contributed by atoms with Crippen molar-refractivity contribution in [3.63, 3.8) is 0 Å². The van der Waals surface area contributed by atoms with Crippen LogP contribution in [0.5, 0.6) is 0 Å². The third-order valence-electron chi connectivity index (χ3n) is 1.30. The predicted octanol–water partition coefficient (Wildman–Crippen LogP) is -0.0442. The number of rotatable bonds is 5. The average molecular weight is 245 g/mol. The predicted molar refractivity (Wildman–Crippen MR) is 50.0 cm³/mol. The lowest BCUT2D eigenvalue weighted by Crippen LogP contribution is -2.33. The molecule has 8 nitrogen and oxygen atoms in total. The summed E-state index contributed by atoms with van der Waals surface area (Å²) in [5.41, 5.74) is 1.74. The summed E-state index contributed by atoms with van der Waals surface area (Å²) < 4.78 is 31.6. The summed E-state index contributed by atoms with van der Waals surface area (Å²) in [6, 6.07) is -0.806. The van der Waals surface area contributed by atoms with Crippen LogP contribution in [0.15, 0.2) is 0 Å². The lowest BCUT2D eigenvalue weighted by molar-refractivity contribution is -0.142. The van der Waals surface area contributed by atoms with Gasteiger partial charge in [0.15, 0.2) is 0 Å². The second-order valence-corrected chi connectivity index (χ2v) is 3.51. The minimum atomic E-state index is -4.67. The maximum Gasteiger partial charge on any atom is 0.394 e. The Bertz CT molecular complexity index is 255. The van der Waals surface area contributed by atoms with E-state index in [1.807, 2.05) is 6.92 Å². The number of hydroxylamine groups is 1. The molecule has 0 aromatic carbocycles. The van der Waals surface area contributed by atoms with Crippen molar-refractivity contribution < 1.29 is 32.6 Å². The van der Waals surface area contributed by atoms with Crippen molar-refractivity contribution >= 4 is 16.4 Å². The Kier molecular flexibility index (Phi) is 9.52. The Morgan fingerprint density at radius 3 is 2.00 bits per heavy atom. The number of nitrogens with one attached hydrogen (secondary N) is 1. The molecule has 9 heteroatoms. The van der Waals surface area contributed by atoms with E-state index in [1.54, 1.807) is 5.48 Å². The highest BCUT2D eigenvalue weighted by Crippen LogP contribution is 1.99. The molecule has 0 spiro atoms. The molecule has 92 valence electrons. The first kappa shape index (κ1) is 16.7. The summed E-state index contributed by atoms with van der Waals surface area (Å²) in [6.45, 7) is 1.97. The summed E-state index contributed by atoms with van der Waals surface area (Å²) in [5.74, 6) is -1.00. The van der Waals surface area contributed by atoms with E-state index in [0.29, 0.717) is 6.42 Å². The Morgan fingerprint density at radius 1 is 1.40 bits per heavy atom. The Balaban J connectivity index is 0. The van der Waals surface area contributed by atoms with E-state index in [-0.39, 0.29) is 0 Å². The molecule has 0 radical (unpaired) electrons. The van der Waals surface area contributed by atoms with Gasteiger partial charge < -0.3 is 10.3 Å². The van der Waals surface area contributed by atoms with Gasteiger partial charge in [-0.25, -0.2) is 0 Å². The number of aliphatic carboxylic acids is 1. The van der Waals surface area contributed by atoms with Crippen LogP contribution in [0.4, 0.5) is 0 Å². The topological polar surface area (TPSA) is 144 Å². The fraction of sp³-hybridized carbons (Fsp3) is 0.833. The lowest BCUT2D eigenvalue weighted by Gasteiger charge is -2.07. The molecule has 0 fully saturated rings. The highest BCUT2D eigenvalue weighted by Gasteiger charge is 2.13. The van der Waals surface area contributed by atoms with Crippen LogP contribution in [0.3, 0.4) is 0 Å². The van der Waals surface area contributed by atoms with Crippen LogP contribution in [0.2, 0.25) is 0 Å². The molecule has 5 N–H and O–H groups in total. The molecule has 0 aromatic rings. The Labute approximate surface area is 87.5 Å². The quantitative estimate of drug-likeness (QED) is 0.335. The van der Waals surface area contributed by atoms with Crippen LogP contribution in [-0.2, 0) is 15.2 Å². The first-order chi connectivity index (χ1) is 6.72. The first-order valence-electron chi connectivity index (χ1n) is 4.04. The third kappa shape index (κ3) is 19.6. The number of hydrogen-bond acceptors (Lipinski definition) is 5. The van der Waals surface area contributed by atoms with Gasteiger partial charge in [0.05, 0.1) is 0 Å².